The summed E-state index contributed by atoms with van der Waals surface area (Å²) in [6.45, 7) is 4.05. The molecule has 96 valence electrons. The molecule has 0 bridgehead atoms. The van der Waals surface area contributed by atoms with Gasteiger partial charge in [0.05, 0.1) is 10.6 Å². The Bertz CT molecular complexity index is 571. The highest BCUT2D eigenvalue weighted by Crippen LogP contribution is 2.30. The van der Waals surface area contributed by atoms with Gasteiger partial charge in [0.2, 0.25) is 5.16 Å². The molecule has 0 saturated carbocycles. The molecule has 0 aliphatic carbocycles. The van der Waals surface area contributed by atoms with Crippen LogP contribution in [0.15, 0.2) is 11.2 Å². The molecular weight excluding hydrogens is 272 g/mol. The monoisotopic (exact) mass is 284 g/mol. The number of hydrogen-bond donors (Lipinski definition) is 2. The van der Waals surface area contributed by atoms with E-state index < -0.39 is 5.97 Å². The molecule has 0 unspecified atom stereocenters. The molecule has 0 amide bonds. The van der Waals surface area contributed by atoms with Gasteiger partial charge in [0, 0.05) is 4.88 Å². The molecule has 0 spiro atoms. The van der Waals surface area contributed by atoms with Crippen LogP contribution in [0.1, 0.15) is 10.4 Å². The van der Waals surface area contributed by atoms with E-state index in [0.29, 0.717) is 11.0 Å². The molecule has 0 radical (unpaired) electrons. The van der Waals surface area contributed by atoms with Crippen LogP contribution in [-0.2, 0) is 4.79 Å². The lowest BCUT2D eigenvalue weighted by atomic mass is 10.3. The standard InChI is InChI=1S/C10H12N4O2S2/c1-5-3-7(18-6(5)2)9-12-13-10(14(9)11)17-4-8(15)16/h3H,4,11H2,1-2H3,(H,15,16). The van der Waals surface area contributed by atoms with Crippen LogP contribution < -0.4 is 5.84 Å². The van der Waals surface area contributed by atoms with Gasteiger partial charge in [-0.25, -0.2) is 4.68 Å². The molecule has 0 fully saturated rings. The summed E-state index contributed by atoms with van der Waals surface area (Å²) in [5.41, 5.74) is 1.18. The Morgan fingerprint density at radius 2 is 2.28 bits per heavy atom. The number of nitrogens with two attached hydrogens (primary N) is 1. The normalized spacial score (nSPS) is 10.8. The van der Waals surface area contributed by atoms with E-state index in [0.717, 1.165) is 16.6 Å². The number of aromatic nitrogens is 3. The van der Waals surface area contributed by atoms with Crippen molar-refractivity contribution >= 4 is 29.1 Å². The van der Waals surface area contributed by atoms with Crippen LogP contribution >= 0.6 is 23.1 Å². The molecule has 8 heteroatoms. The first kappa shape index (κ1) is 12.9. The maximum absolute atomic E-state index is 10.5. The zero-order chi connectivity index (χ0) is 13.3. The van der Waals surface area contributed by atoms with Gasteiger partial charge in [-0.1, -0.05) is 11.8 Å². The van der Waals surface area contributed by atoms with Gasteiger partial charge in [0.25, 0.3) is 0 Å². The molecule has 2 aromatic heterocycles. The first-order chi connectivity index (χ1) is 8.49. The van der Waals surface area contributed by atoms with Gasteiger partial charge in [-0.3, -0.25) is 4.79 Å². The van der Waals surface area contributed by atoms with E-state index in [1.54, 1.807) is 11.3 Å². The Morgan fingerprint density at radius 1 is 1.56 bits per heavy atom. The largest absolute Gasteiger partial charge is 0.481 e. The molecule has 3 N–H and O–H groups in total. The van der Waals surface area contributed by atoms with Crippen molar-refractivity contribution in [3.05, 3.63) is 16.5 Å². The molecule has 2 heterocycles. The van der Waals surface area contributed by atoms with E-state index >= 15 is 0 Å². The molecule has 18 heavy (non-hydrogen) atoms. The molecule has 0 aliphatic heterocycles. The zero-order valence-electron chi connectivity index (χ0n) is 9.88. The molecule has 2 aromatic rings. The SMILES string of the molecule is Cc1cc(-c2nnc(SCC(=O)O)n2N)sc1C. The molecule has 2 rings (SSSR count). The van der Waals surface area contributed by atoms with Crippen molar-refractivity contribution in [3.63, 3.8) is 0 Å². The third-order valence-electron chi connectivity index (χ3n) is 2.38. The fourth-order valence-corrected chi connectivity index (χ4v) is 2.95. The van der Waals surface area contributed by atoms with Gasteiger partial charge in [-0.05, 0) is 25.5 Å². The van der Waals surface area contributed by atoms with Crippen LogP contribution in [0.2, 0.25) is 0 Å². The van der Waals surface area contributed by atoms with Crippen molar-refractivity contribution in [2.75, 3.05) is 11.6 Å². The topological polar surface area (TPSA) is 94.0 Å². The lowest BCUT2D eigenvalue weighted by Crippen LogP contribution is -2.12. The maximum atomic E-state index is 10.5. The van der Waals surface area contributed by atoms with Crippen LogP contribution in [-0.4, -0.2) is 31.7 Å². The van der Waals surface area contributed by atoms with Crippen molar-refractivity contribution in [2.24, 2.45) is 0 Å². The Balaban J connectivity index is 2.27. The van der Waals surface area contributed by atoms with Gasteiger partial charge in [0.15, 0.2) is 5.82 Å². The van der Waals surface area contributed by atoms with E-state index in [2.05, 4.69) is 10.2 Å². The number of aliphatic carboxylic acids is 1. The summed E-state index contributed by atoms with van der Waals surface area (Å²) >= 11 is 2.64. The van der Waals surface area contributed by atoms with E-state index in [1.165, 1.54) is 15.1 Å². The fourth-order valence-electron chi connectivity index (χ4n) is 1.35. The second-order valence-electron chi connectivity index (χ2n) is 3.71. The molecule has 0 atom stereocenters. The van der Waals surface area contributed by atoms with Gasteiger partial charge < -0.3 is 10.9 Å². The zero-order valence-corrected chi connectivity index (χ0v) is 11.5. The number of hydrogen-bond acceptors (Lipinski definition) is 6. The summed E-state index contributed by atoms with van der Waals surface area (Å²) in [6, 6.07) is 2.00. The number of carboxylic acids is 1. The highest BCUT2D eigenvalue weighted by Gasteiger charge is 2.15. The molecular formula is C10H12N4O2S2. The average molecular weight is 284 g/mol. The molecule has 0 aromatic carbocycles. The predicted molar refractivity (Wildman–Crippen MR) is 71.3 cm³/mol. The van der Waals surface area contributed by atoms with Crippen molar-refractivity contribution < 1.29 is 9.90 Å². The maximum Gasteiger partial charge on any atom is 0.313 e. The van der Waals surface area contributed by atoms with E-state index in [1.807, 2.05) is 19.9 Å². The number of thioether (sulfide) groups is 1. The number of rotatable bonds is 4. The summed E-state index contributed by atoms with van der Waals surface area (Å²) < 4.78 is 1.33. The summed E-state index contributed by atoms with van der Waals surface area (Å²) in [5.74, 6) is 5.43. The predicted octanol–water partition coefficient (Wildman–Crippen LogP) is 1.51. The Hall–Kier alpha value is -1.54. The van der Waals surface area contributed by atoms with Crippen LogP contribution in [0.25, 0.3) is 10.7 Å². The van der Waals surface area contributed by atoms with Gasteiger partial charge >= 0.3 is 5.97 Å². The van der Waals surface area contributed by atoms with Crippen molar-refractivity contribution in [3.8, 4) is 10.7 Å². The number of nitrogen functional groups attached to an aromatic ring is 1. The van der Waals surface area contributed by atoms with Crippen LogP contribution in [0.5, 0.6) is 0 Å². The summed E-state index contributed by atoms with van der Waals surface area (Å²) in [6.07, 6.45) is 0. The molecule has 6 nitrogen and oxygen atoms in total. The van der Waals surface area contributed by atoms with Crippen molar-refractivity contribution in [2.45, 2.75) is 19.0 Å². The first-order valence-electron chi connectivity index (χ1n) is 5.11. The summed E-state index contributed by atoms with van der Waals surface area (Å²) in [7, 11) is 0. The van der Waals surface area contributed by atoms with E-state index in [4.69, 9.17) is 10.9 Å². The minimum atomic E-state index is -0.910. The number of carbonyl (C=O) groups is 1. The minimum Gasteiger partial charge on any atom is -0.481 e. The summed E-state index contributed by atoms with van der Waals surface area (Å²) in [4.78, 5) is 12.6. The lowest BCUT2D eigenvalue weighted by Gasteiger charge is -2.00. The van der Waals surface area contributed by atoms with Gasteiger partial charge in [-0.15, -0.1) is 21.5 Å². The lowest BCUT2D eigenvalue weighted by molar-refractivity contribution is -0.133. The Kier molecular flexibility index (Phi) is 3.58. The van der Waals surface area contributed by atoms with Crippen molar-refractivity contribution in [1.29, 1.82) is 0 Å². The Morgan fingerprint density at radius 3 is 2.83 bits per heavy atom. The van der Waals surface area contributed by atoms with Crippen molar-refractivity contribution in [1.82, 2.24) is 14.9 Å². The molecule has 0 aliphatic rings. The van der Waals surface area contributed by atoms with Crippen LogP contribution in [0, 0.1) is 13.8 Å². The number of aryl methyl sites for hydroxylation is 2. The van der Waals surface area contributed by atoms with E-state index in [9.17, 15) is 4.79 Å². The third-order valence-corrected chi connectivity index (χ3v) is 4.45. The number of thiophene rings is 1. The second kappa shape index (κ2) is 4.99. The van der Waals surface area contributed by atoms with Gasteiger partial charge in [0.1, 0.15) is 0 Å². The highest BCUT2D eigenvalue weighted by atomic mass is 32.2. The molecule has 0 saturated heterocycles. The van der Waals surface area contributed by atoms with Crippen LogP contribution in [0.3, 0.4) is 0 Å². The van der Waals surface area contributed by atoms with Gasteiger partial charge in [-0.2, -0.15) is 0 Å². The Labute approximate surface area is 112 Å². The second-order valence-corrected chi connectivity index (χ2v) is 5.91. The van der Waals surface area contributed by atoms with Crippen LogP contribution in [0.4, 0.5) is 0 Å². The quantitative estimate of drug-likeness (QED) is 0.653. The fraction of sp³-hybridized carbons (Fsp3) is 0.300. The highest BCUT2D eigenvalue weighted by molar-refractivity contribution is 7.99. The minimum absolute atomic E-state index is 0.0855. The number of nitrogens with zero attached hydrogens (tertiary/aromatic N) is 3. The average Bonchev–Trinajstić information content (AvgIpc) is 2.81. The van der Waals surface area contributed by atoms with E-state index in [-0.39, 0.29) is 5.75 Å². The third kappa shape index (κ3) is 2.49. The first-order valence-corrected chi connectivity index (χ1v) is 6.91. The summed E-state index contributed by atoms with van der Waals surface area (Å²) in [5, 5.41) is 16.9. The number of carboxylic acid groups (broad SMARTS) is 1. The smallest absolute Gasteiger partial charge is 0.313 e.